The second-order valence-electron chi connectivity index (χ2n) is 6.57. The molecule has 0 radical (unpaired) electrons. The largest absolute Gasteiger partial charge is 0.326 e. The molecule has 0 aliphatic heterocycles. The normalized spacial score (nSPS) is 10.2. The summed E-state index contributed by atoms with van der Waals surface area (Å²) in [5.74, 6) is -0.437. The van der Waals surface area contributed by atoms with E-state index in [-0.39, 0.29) is 24.1 Å². The molecule has 2 N–H and O–H groups in total. The van der Waals surface area contributed by atoms with Crippen molar-refractivity contribution < 1.29 is 14.4 Å². The van der Waals surface area contributed by atoms with E-state index in [0.717, 1.165) is 16.8 Å². The SMILES string of the molecule is CC(=O)Nc1ccc(NC(=O)CCN(C(C)=O)c2cc(C)cc(C)c2)cc1. The summed E-state index contributed by atoms with van der Waals surface area (Å²) in [7, 11) is 0. The highest BCUT2D eigenvalue weighted by Crippen LogP contribution is 2.20. The van der Waals surface area contributed by atoms with E-state index in [2.05, 4.69) is 10.6 Å². The van der Waals surface area contributed by atoms with Crippen LogP contribution in [0.2, 0.25) is 0 Å². The second-order valence-corrected chi connectivity index (χ2v) is 6.57. The van der Waals surface area contributed by atoms with Crippen molar-refractivity contribution in [2.75, 3.05) is 22.1 Å². The van der Waals surface area contributed by atoms with Crippen LogP contribution in [0.15, 0.2) is 42.5 Å². The van der Waals surface area contributed by atoms with Crippen molar-refractivity contribution in [3.63, 3.8) is 0 Å². The maximum atomic E-state index is 12.2. The van der Waals surface area contributed by atoms with Crippen LogP contribution in [0, 0.1) is 13.8 Å². The molecular formula is C21H25N3O3. The Morgan fingerprint density at radius 2 is 1.37 bits per heavy atom. The van der Waals surface area contributed by atoms with Gasteiger partial charge in [-0.25, -0.2) is 0 Å². The van der Waals surface area contributed by atoms with Crippen molar-refractivity contribution in [2.24, 2.45) is 0 Å². The number of hydrogen-bond acceptors (Lipinski definition) is 3. The zero-order valence-corrected chi connectivity index (χ0v) is 16.1. The first-order chi connectivity index (χ1) is 12.7. The van der Waals surface area contributed by atoms with E-state index in [1.54, 1.807) is 29.2 Å². The fraction of sp³-hybridized carbons (Fsp3) is 0.286. The fourth-order valence-electron chi connectivity index (χ4n) is 2.85. The fourth-order valence-corrected chi connectivity index (χ4v) is 2.85. The zero-order valence-electron chi connectivity index (χ0n) is 16.1. The maximum absolute atomic E-state index is 12.2. The third kappa shape index (κ3) is 6.26. The van der Waals surface area contributed by atoms with Gasteiger partial charge in [-0.15, -0.1) is 0 Å². The Morgan fingerprint density at radius 3 is 1.85 bits per heavy atom. The number of anilines is 3. The first-order valence-electron chi connectivity index (χ1n) is 8.78. The van der Waals surface area contributed by atoms with Crippen LogP contribution < -0.4 is 15.5 Å². The zero-order chi connectivity index (χ0) is 20.0. The second kappa shape index (κ2) is 8.98. The van der Waals surface area contributed by atoms with Crippen molar-refractivity contribution in [3.05, 3.63) is 53.6 Å². The van der Waals surface area contributed by atoms with Gasteiger partial charge in [0, 0.05) is 43.9 Å². The van der Waals surface area contributed by atoms with Crippen LogP contribution in [0.4, 0.5) is 17.1 Å². The predicted octanol–water partition coefficient (Wildman–Crippen LogP) is 3.64. The Hall–Kier alpha value is -3.15. The molecular weight excluding hydrogens is 342 g/mol. The average Bonchev–Trinajstić information content (AvgIpc) is 2.55. The highest BCUT2D eigenvalue weighted by atomic mass is 16.2. The molecule has 0 aromatic heterocycles. The molecule has 0 saturated carbocycles. The summed E-state index contributed by atoms with van der Waals surface area (Å²) in [5.41, 5.74) is 4.24. The molecule has 0 saturated heterocycles. The van der Waals surface area contributed by atoms with E-state index in [4.69, 9.17) is 0 Å². The number of rotatable bonds is 6. The summed E-state index contributed by atoms with van der Waals surface area (Å²) in [6.07, 6.45) is 0.181. The number of amides is 3. The molecule has 2 rings (SSSR count). The first-order valence-corrected chi connectivity index (χ1v) is 8.78. The molecule has 0 fully saturated rings. The number of carbonyl (C=O) groups is 3. The van der Waals surface area contributed by atoms with Gasteiger partial charge in [0.25, 0.3) is 0 Å². The van der Waals surface area contributed by atoms with Crippen LogP contribution >= 0.6 is 0 Å². The van der Waals surface area contributed by atoms with E-state index in [9.17, 15) is 14.4 Å². The van der Waals surface area contributed by atoms with E-state index in [1.165, 1.54) is 13.8 Å². The highest BCUT2D eigenvalue weighted by Gasteiger charge is 2.14. The summed E-state index contributed by atoms with van der Waals surface area (Å²) in [4.78, 5) is 36.9. The van der Waals surface area contributed by atoms with Gasteiger partial charge in [-0.3, -0.25) is 14.4 Å². The van der Waals surface area contributed by atoms with Gasteiger partial charge in [-0.1, -0.05) is 6.07 Å². The van der Waals surface area contributed by atoms with Crippen molar-refractivity contribution in [1.82, 2.24) is 0 Å². The van der Waals surface area contributed by atoms with Gasteiger partial charge in [0.15, 0.2) is 0 Å². The topological polar surface area (TPSA) is 78.5 Å². The minimum absolute atomic E-state index is 0.104. The van der Waals surface area contributed by atoms with E-state index in [1.807, 2.05) is 32.0 Å². The number of aryl methyl sites for hydroxylation is 2. The van der Waals surface area contributed by atoms with Gasteiger partial charge in [-0.05, 0) is 61.4 Å². The van der Waals surface area contributed by atoms with E-state index >= 15 is 0 Å². The minimum atomic E-state index is -0.182. The molecule has 142 valence electrons. The Kier molecular flexibility index (Phi) is 6.71. The molecule has 0 unspecified atom stereocenters. The van der Waals surface area contributed by atoms with Crippen LogP contribution in [0.3, 0.4) is 0 Å². The van der Waals surface area contributed by atoms with Crippen molar-refractivity contribution in [2.45, 2.75) is 34.1 Å². The molecule has 0 bridgehead atoms. The first kappa shape index (κ1) is 20.2. The average molecular weight is 367 g/mol. The van der Waals surface area contributed by atoms with Crippen LogP contribution in [0.25, 0.3) is 0 Å². The Labute approximate surface area is 159 Å². The number of hydrogen-bond donors (Lipinski definition) is 2. The summed E-state index contributed by atoms with van der Waals surface area (Å²) in [6.45, 7) is 7.19. The van der Waals surface area contributed by atoms with Crippen LogP contribution in [0.1, 0.15) is 31.4 Å². The summed E-state index contributed by atoms with van der Waals surface area (Å²) in [6, 6.07) is 12.8. The molecule has 0 heterocycles. The minimum Gasteiger partial charge on any atom is -0.326 e. The number of benzene rings is 2. The van der Waals surface area contributed by atoms with Gasteiger partial charge in [-0.2, -0.15) is 0 Å². The smallest absolute Gasteiger partial charge is 0.226 e. The third-order valence-electron chi connectivity index (χ3n) is 3.95. The van der Waals surface area contributed by atoms with Crippen LogP contribution in [-0.2, 0) is 14.4 Å². The number of carbonyl (C=O) groups excluding carboxylic acids is 3. The lowest BCUT2D eigenvalue weighted by atomic mass is 10.1. The molecule has 3 amide bonds. The molecule has 0 aliphatic rings. The third-order valence-corrected chi connectivity index (χ3v) is 3.95. The lowest BCUT2D eigenvalue weighted by Gasteiger charge is -2.22. The van der Waals surface area contributed by atoms with Crippen LogP contribution in [-0.4, -0.2) is 24.3 Å². The summed E-state index contributed by atoms with van der Waals surface area (Å²) >= 11 is 0. The Balaban J connectivity index is 1.97. The Bertz CT molecular complexity index is 824. The lowest BCUT2D eigenvalue weighted by molar-refractivity contribution is -0.117. The van der Waals surface area contributed by atoms with Crippen molar-refractivity contribution in [1.29, 1.82) is 0 Å². The molecule has 2 aromatic carbocycles. The Morgan fingerprint density at radius 1 is 0.852 bits per heavy atom. The number of nitrogens with zero attached hydrogens (tertiary/aromatic N) is 1. The molecule has 0 spiro atoms. The summed E-state index contributed by atoms with van der Waals surface area (Å²) in [5, 5.41) is 5.47. The molecule has 6 nitrogen and oxygen atoms in total. The number of nitrogens with one attached hydrogen (secondary N) is 2. The maximum Gasteiger partial charge on any atom is 0.226 e. The molecule has 0 aliphatic carbocycles. The standard InChI is InChI=1S/C21H25N3O3/c1-14-11-15(2)13-20(12-14)24(17(4)26)10-9-21(27)23-19-7-5-18(6-8-19)22-16(3)25/h5-8,11-13H,9-10H2,1-4H3,(H,22,25)(H,23,27). The lowest BCUT2D eigenvalue weighted by Crippen LogP contribution is -2.32. The molecule has 2 aromatic rings. The molecule has 6 heteroatoms. The predicted molar refractivity (Wildman–Crippen MR) is 108 cm³/mol. The van der Waals surface area contributed by atoms with Gasteiger partial charge in [0.2, 0.25) is 17.7 Å². The van der Waals surface area contributed by atoms with Gasteiger partial charge in [0.05, 0.1) is 0 Å². The molecule has 27 heavy (non-hydrogen) atoms. The van der Waals surface area contributed by atoms with Crippen molar-refractivity contribution in [3.8, 4) is 0 Å². The van der Waals surface area contributed by atoms with E-state index < -0.39 is 0 Å². The van der Waals surface area contributed by atoms with Gasteiger partial charge < -0.3 is 15.5 Å². The molecule has 0 atom stereocenters. The van der Waals surface area contributed by atoms with Gasteiger partial charge in [0.1, 0.15) is 0 Å². The summed E-state index contributed by atoms with van der Waals surface area (Å²) < 4.78 is 0. The van der Waals surface area contributed by atoms with E-state index in [0.29, 0.717) is 17.9 Å². The highest BCUT2D eigenvalue weighted by molar-refractivity contribution is 5.95. The van der Waals surface area contributed by atoms with Crippen LogP contribution in [0.5, 0.6) is 0 Å². The quantitative estimate of drug-likeness (QED) is 0.818. The van der Waals surface area contributed by atoms with Gasteiger partial charge >= 0.3 is 0 Å². The van der Waals surface area contributed by atoms with Crippen molar-refractivity contribution >= 4 is 34.8 Å². The monoisotopic (exact) mass is 367 g/mol.